The van der Waals surface area contributed by atoms with E-state index in [2.05, 4.69) is 10.3 Å². The van der Waals surface area contributed by atoms with Crippen LogP contribution in [0.5, 0.6) is 0 Å². The van der Waals surface area contributed by atoms with Crippen molar-refractivity contribution in [1.29, 1.82) is 0 Å². The SMILES string of the molecule is CCCNC(=O)c1coc(CN(CCC)C(=O)C(Cl)Cl)n1. The van der Waals surface area contributed by atoms with E-state index in [-0.39, 0.29) is 24.0 Å². The third kappa shape index (κ3) is 5.55. The smallest absolute Gasteiger partial charge is 0.273 e. The summed E-state index contributed by atoms with van der Waals surface area (Å²) >= 11 is 11.2. The molecule has 0 fully saturated rings. The summed E-state index contributed by atoms with van der Waals surface area (Å²) in [4.78, 5) is 27.9. The van der Waals surface area contributed by atoms with Crippen molar-refractivity contribution in [3.05, 3.63) is 17.8 Å². The van der Waals surface area contributed by atoms with E-state index in [1.54, 1.807) is 0 Å². The topological polar surface area (TPSA) is 75.4 Å². The molecular formula is C13H19Cl2N3O3. The highest BCUT2D eigenvalue weighted by Gasteiger charge is 2.22. The predicted octanol–water partition coefficient (Wildman–Crippen LogP) is 2.36. The molecule has 1 aromatic heterocycles. The van der Waals surface area contributed by atoms with E-state index >= 15 is 0 Å². The van der Waals surface area contributed by atoms with Crippen LogP contribution in [0.4, 0.5) is 0 Å². The molecule has 0 aromatic carbocycles. The van der Waals surface area contributed by atoms with Crippen LogP contribution in [-0.2, 0) is 11.3 Å². The summed E-state index contributed by atoms with van der Waals surface area (Å²) in [6, 6.07) is 0. The molecule has 8 heteroatoms. The molecule has 6 nitrogen and oxygen atoms in total. The molecule has 0 saturated heterocycles. The summed E-state index contributed by atoms with van der Waals surface area (Å²) in [7, 11) is 0. The van der Waals surface area contributed by atoms with Crippen LogP contribution in [0.3, 0.4) is 0 Å². The van der Waals surface area contributed by atoms with Crippen molar-refractivity contribution in [3.8, 4) is 0 Å². The Bertz CT molecular complexity index is 477. The molecule has 1 rings (SSSR count). The van der Waals surface area contributed by atoms with Gasteiger partial charge in [0.25, 0.3) is 11.8 Å². The average molecular weight is 336 g/mol. The molecule has 2 amide bonds. The Balaban J connectivity index is 2.70. The zero-order valence-electron chi connectivity index (χ0n) is 12.1. The molecule has 0 atom stereocenters. The molecular weight excluding hydrogens is 317 g/mol. The highest BCUT2D eigenvalue weighted by molar-refractivity contribution is 6.53. The van der Waals surface area contributed by atoms with Gasteiger partial charge in [-0.15, -0.1) is 0 Å². The van der Waals surface area contributed by atoms with Gasteiger partial charge in [-0.25, -0.2) is 4.98 Å². The molecule has 0 radical (unpaired) electrons. The number of alkyl halides is 2. The van der Waals surface area contributed by atoms with E-state index in [1.807, 2.05) is 13.8 Å². The van der Waals surface area contributed by atoms with Gasteiger partial charge in [-0.2, -0.15) is 0 Å². The highest BCUT2D eigenvalue weighted by atomic mass is 35.5. The first kappa shape index (κ1) is 17.8. The van der Waals surface area contributed by atoms with Crippen LogP contribution in [0.15, 0.2) is 10.7 Å². The lowest BCUT2D eigenvalue weighted by Gasteiger charge is -2.20. The minimum Gasteiger partial charge on any atom is -0.446 e. The van der Waals surface area contributed by atoms with Gasteiger partial charge in [0, 0.05) is 13.1 Å². The number of amides is 2. The highest BCUT2D eigenvalue weighted by Crippen LogP contribution is 2.12. The van der Waals surface area contributed by atoms with E-state index in [0.717, 1.165) is 12.8 Å². The van der Waals surface area contributed by atoms with Crippen LogP contribution in [0.25, 0.3) is 0 Å². The van der Waals surface area contributed by atoms with E-state index in [9.17, 15) is 9.59 Å². The first-order chi connectivity index (χ1) is 9.99. The maximum Gasteiger partial charge on any atom is 0.273 e. The Labute approximate surface area is 133 Å². The third-order valence-corrected chi connectivity index (χ3v) is 3.01. The number of nitrogens with one attached hydrogen (secondary N) is 1. The minimum absolute atomic E-state index is 0.129. The van der Waals surface area contributed by atoms with Gasteiger partial charge >= 0.3 is 0 Å². The quantitative estimate of drug-likeness (QED) is 0.740. The van der Waals surface area contributed by atoms with Crippen molar-refractivity contribution >= 4 is 35.0 Å². The Morgan fingerprint density at radius 1 is 1.38 bits per heavy atom. The molecule has 21 heavy (non-hydrogen) atoms. The summed E-state index contributed by atoms with van der Waals surface area (Å²) in [5, 5.41) is 2.70. The molecule has 0 unspecified atom stereocenters. The van der Waals surface area contributed by atoms with Gasteiger partial charge in [0.05, 0.1) is 6.54 Å². The number of carbonyl (C=O) groups excluding carboxylic acids is 2. The monoisotopic (exact) mass is 335 g/mol. The van der Waals surface area contributed by atoms with Gasteiger partial charge in [0.1, 0.15) is 6.26 Å². The molecule has 0 spiro atoms. The second-order valence-corrected chi connectivity index (χ2v) is 5.54. The minimum atomic E-state index is -1.13. The van der Waals surface area contributed by atoms with Crippen LogP contribution < -0.4 is 5.32 Å². The van der Waals surface area contributed by atoms with Crippen LogP contribution in [0, 0.1) is 0 Å². The van der Waals surface area contributed by atoms with Crippen LogP contribution in [0.2, 0.25) is 0 Å². The van der Waals surface area contributed by atoms with E-state index < -0.39 is 10.7 Å². The first-order valence-corrected chi connectivity index (χ1v) is 7.66. The van der Waals surface area contributed by atoms with E-state index in [0.29, 0.717) is 13.1 Å². The van der Waals surface area contributed by atoms with Gasteiger partial charge in [-0.3, -0.25) is 9.59 Å². The van der Waals surface area contributed by atoms with Gasteiger partial charge < -0.3 is 14.6 Å². The second-order valence-electron chi connectivity index (χ2n) is 4.44. The van der Waals surface area contributed by atoms with E-state index in [1.165, 1.54) is 11.2 Å². The van der Waals surface area contributed by atoms with Crippen molar-refractivity contribution in [2.45, 2.75) is 38.1 Å². The zero-order chi connectivity index (χ0) is 15.8. The number of hydrogen-bond acceptors (Lipinski definition) is 4. The number of hydrogen-bond donors (Lipinski definition) is 1. The van der Waals surface area contributed by atoms with Crippen LogP contribution in [-0.4, -0.2) is 39.6 Å². The number of nitrogens with zero attached hydrogens (tertiary/aromatic N) is 2. The molecule has 118 valence electrons. The van der Waals surface area contributed by atoms with Crippen molar-refractivity contribution in [2.24, 2.45) is 0 Å². The normalized spacial score (nSPS) is 10.7. The van der Waals surface area contributed by atoms with Gasteiger partial charge in [-0.05, 0) is 12.8 Å². The summed E-state index contributed by atoms with van der Waals surface area (Å²) < 4.78 is 5.22. The lowest BCUT2D eigenvalue weighted by Crippen LogP contribution is -2.35. The summed E-state index contributed by atoms with van der Waals surface area (Å²) in [6.07, 6.45) is 2.85. The molecule has 1 N–H and O–H groups in total. The lowest BCUT2D eigenvalue weighted by atomic mass is 10.4. The zero-order valence-corrected chi connectivity index (χ0v) is 13.6. The maximum atomic E-state index is 11.8. The maximum absolute atomic E-state index is 11.8. The summed E-state index contributed by atoms with van der Waals surface area (Å²) in [5.74, 6) is -0.435. The second kappa shape index (κ2) is 8.89. The van der Waals surface area contributed by atoms with E-state index in [4.69, 9.17) is 27.6 Å². The van der Waals surface area contributed by atoms with Crippen LogP contribution >= 0.6 is 23.2 Å². The predicted molar refractivity (Wildman–Crippen MR) is 80.3 cm³/mol. The van der Waals surface area contributed by atoms with Gasteiger partial charge in [-0.1, -0.05) is 37.0 Å². The number of oxazole rings is 1. The van der Waals surface area contributed by atoms with Crippen molar-refractivity contribution in [1.82, 2.24) is 15.2 Å². The molecule has 0 bridgehead atoms. The number of rotatable bonds is 8. The summed E-state index contributed by atoms with van der Waals surface area (Å²) in [5.41, 5.74) is 0.190. The van der Waals surface area contributed by atoms with Crippen molar-refractivity contribution in [2.75, 3.05) is 13.1 Å². The van der Waals surface area contributed by atoms with Crippen molar-refractivity contribution < 1.29 is 14.0 Å². The fourth-order valence-corrected chi connectivity index (χ4v) is 1.93. The Morgan fingerprint density at radius 2 is 2.10 bits per heavy atom. The Hall–Kier alpha value is -1.27. The fourth-order valence-electron chi connectivity index (χ4n) is 1.66. The Kier molecular flexibility index (Phi) is 7.53. The van der Waals surface area contributed by atoms with Crippen LogP contribution in [0.1, 0.15) is 43.1 Å². The number of carbonyl (C=O) groups is 2. The summed E-state index contributed by atoms with van der Waals surface area (Å²) in [6.45, 7) is 5.06. The fraction of sp³-hybridized carbons (Fsp3) is 0.615. The number of halogens is 2. The molecule has 1 aromatic rings. The third-order valence-electron chi connectivity index (χ3n) is 2.64. The van der Waals surface area contributed by atoms with Gasteiger partial charge in [0.15, 0.2) is 10.5 Å². The molecule has 0 aliphatic rings. The lowest BCUT2D eigenvalue weighted by molar-refractivity contribution is -0.130. The molecule has 0 aliphatic carbocycles. The number of aromatic nitrogens is 1. The van der Waals surface area contributed by atoms with Gasteiger partial charge in [0.2, 0.25) is 5.89 Å². The first-order valence-electron chi connectivity index (χ1n) is 6.79. The van der Waals surface area contributed by atoms with Crippen molar-refractivity contribution in [3.63, 3.8) is 0 Å². The Morgan fingerprint density at radius 3 is 2.67 bits per heavy atom. The standard InChI is InChI=1S/C13H19Cl2N3O3/c1-3-5-16-12(19)9-8-21-10(17-9)7-18(6-4-2)13(20)11(14)15/h8,11H,3-7H2,1-2H3,(H,16,19). The molecule has 0 saturated carbocycles. The average Bonchev–Trinajstić information content (AvgIpc) is 2.92. The largest absolute Gasteiger partial charge is 0.446 e. The molecule has 0 aliphatic heterocycles. The molecule has 1 heterocycles.